The number of likely N-dealkylation sites (tertiary alicyclic amines) is 1. The van der Waals surface area contributed by atoms with Gasteiger partial charge in [0.2, 0.25) is 16.0 Å². The molecule has 0 bridgehead atoms. The van der Waals surface area contributed by atoms with Crippen molar-refractivity contribution < 1.29 is 8.42 Å². The minimum atomic E-state index is -3.28. The molecule has 2 aromatic heterocycles. The van der Waals surface area contributed by atoms with E-state index in [4.69, 9.17) is 4.98 Å². The fourth-order valence-corrected chi connectivity index (χ4v) is 7.16. The Morgan fingerprint density at radius 3 is 2.29 bits per heavy atom. The van der Waals surface area contributed by atoms with Crippen molar-refractivity contribution in [1.29, 1.82) is 0 Å². The Morgan fingerprint density at radius 2 is 1.60 bits per heavy atom. The first-order chi connectivity index (χ1) is 20.3. The highest BCUT2D eigenvalue weighted by Gasteiger charge is 2.29. The van der Waals surface area contributed by atoms with Crippen LogP contribution in [0.15, 0.2) is 71.7 Å². The average molecular weight is 587 g/mol. The summed E-state index contributed by atoms with van der Waals surface area (Å²) in [5.74, 6) is 0.523. The predicted octanol–water partition coefficient (Wildman–Crippen LogP) is 4.44. The molecular formula is C32H38N6O3S. The SMILES string of the molecule is Cc1ccccc1-c1cc2cnc(NC3CCN(Cc4ccccc4)CC3)nc2n(C2CCN(S(C)(=O)=O)CC2)c1=O. The van der Waals surface area contributed by atoms with Crippen LogP contribution in [0.1, 0.15) is 42.9 Å². The van der Waals surface area contributed by atoms with Crippen molar-refractivity contribution in [2.24, 2.45) is 0 Å². The minimum Gasteiger partial charge on any atom is -0.351 e. The summed E-state index contributed by atoms with van der Waals surface area (Å²) in [6, 6.07) is 20.4. The van der Waals surface area contributed by atoms with Gasteiger partial charge in [-0.25, -0.2) is 17.7 Å². The fraction of sp³-hybridized carbons (Fsp3) is 0.406. The molecule has 0 unspecified atom stereocenters. The van der Waals surface area contributed by atoms with Crippen molar-refractivity contribution in [3.05, 3.63) is 88.3 Å². The third-order valence-corrected chi connectivity index (χ3v) is 9.94. The summed E-state index contributed by atoms with van der Waals surface area (Å²) >= 11 is 0. The average Bonchev–Trinajstić information content (AvgIpc) is 2.99. The zero-order chi connectivity index (χ0) is 29.3. The molecule has 220 valence electrons. The van der Waals surface area contributed by atoms with Gasteiger partial charge in [0.05, 0.1) is 6.26 Å². The molecule has 2 aromatic carbocycles. The van der Waals surface area contributed by atoms with E-state index in [2.05, 4.69) is 39.5 Å². The lowest BCUT2D eigenvalue weighted by molar-refractivity contribution is 0.211. The number of piperidine rings is 2. The summed E-state index contributed by atoms with van der Waals surface area (Å²) in [4.78, 5) is 26.2. The second-order valence-electron chi connectivity index (χ2n) is 11.6. The number of aryl methyl sites for hydroxylation is 1. The Hall–Kier alpha value is -3.60. The standard InChI is InChI=1S/C32H38N6O3S/c1-23-8-6-7-11-28(23)29-20-25-21-33-32(34-26-12-16-36(17-13-26)22-24-9-4-3-5-10-24)35-30(25)38(31(29)39)27-14-18-37(19-15-27)42(2,40)41/h3-11,20-21,26-27H,12-19,22H2,1-2H3,(H,33,34,35). The molecule has 2 saturated heterocycles. The van der Waals surface area contributed by atoms with Crippen LogP contribution in [-0.2, 0) is 16.6 Å². The number of fused-ring (bicyclic) bond motifs is 1. The fourth-order valence-electron chi connectivity index (χ4n) is 6.29. The highest BCUT2D eigenvalue weighted by atomic mass is 32.2. The summed E-state index contributed by atoms with van der Waals surface area (Å²) in [6.45, 7) is 5.69. The maximum absolute atomic E-state index is 14.1. The van der Waals surface area contributed by atoms with E-state index < -0.39 is 10.0 Å². The normalized spacial score (nSPS) is 18.0. The molecule has 2 aliphatic heterocycles. The van der Waals surface area contributed by atoms with Crippen LogP contribution in [0.3, 0.4) is 0 Å². The highest BCUT2D eigenvalue weighted by molar-refractivity contribution is 7.88. The van der Waals surface area contributed by atoms with E-state index in [1.165, 1.54) is 16.1 Å². The van der Waals surface area contributed by atoms with Gasteiger partial charge >= 0.3 is 0 Å². The number of aromatic nitrogens is 3. The number of benzene rings is 2. The molecule has 9 nitrogen and oxygen atoms in total. The van der Waals surface area contributed by atoms with Crippen LogP contribution in [0.2, 0.25) is 0 Å². The maximum atomic E-state index is 14.1. The number of rotatable bonds is 7. The summed E-state index contributed by atoms with van der Waals surface area (Å²) in [7, 11) is -3.28. The Kier molecular flexibility index (Phi) is 8.11. The van der Waals surface area contributed by atoms with Crippen LogP contribution in [0, 0.1) is 6.92 Å². The van der Waals surface area contributed by atoms with Gasteiger partial charge in [-0.1, -0.05) is 54.6 Å². The molecule has 10 heteroatoms. The van der Waals surface area contributed by atoms with E-state index in [1.807, 2.05) is 43.3 Å². The van der Waals surface area contributed by atoms with Gasteiger partial charge in [0, 0.05) is 62.0 Å². The number of anilines is 1. The monoisotopic (exact) mass is 586 g/mol. The Bertz CT molecular complexity index is 1720. The molecule has 0 saturated carbocycles. The number of nitrogens with zero attached hydrogens (tertiary/aromatic N) is 5. The quantitative estimate of drug-likeness (QED) is 0.342. The molecule has 0 radical (unpaired) electrons. The van der Waals surface area contributed by atoms with Crippen molar-refractivity contribution in [1.82, 2.24) is 23.7 Å². The zero-order valence-corrected chi connectivity index (χ0v) is 25.1. The van der Waals surface area contributed by atoms with Gasteiger partial charge in [0.15, 0.2) is 0 Å². The third kappa shape index (κ3) is 6.11. The molecule has 0 atom stereocenters. The Labute approximate surface area is 247 Å². The maximum Gasteiger partial charge on any atom is 0.260 e. The van der Waals surface area contributed by atoms with E-state index in [0.717, 1.165) is 49.0 Å². The molecule has 2 fully saturated rings. The second-order valence-corrected chi connectivity index (χ2v) is 13.6. The van der Waals surface area contributed by atoms with E-state index >= 15 is 0 Å². The van der Waals surface area contributed by atoms with E-state index in [1.54, 1.807) is 10.8 Å². The minimum absolute atomic E-state index is 0.103. The molecule has 0 amide bonds. The summed E-state index contributed by atoms with van der Waals surface area (Å²) < 4.78 is 27.6. The van der Waals surface area contributed by atoms with Gasteiger partial charge in [-0.2, -0.15) is 4.98 Å². The van der Waals surface area contributed by atoms with Gasteiger partial charge in [0.1, 0.15) is 5.65 Å². The molecule has 0 spiro atoms. The van der Waals surface area contributed by atoms with Crippen LogP contribution in [0.4, 0.5) is 5.95 Å². The van der Waals surface area contributed by atoms with Crippen molar-refractivity contribution >= 4 is 27.0 Å². The molecule has 0 aliphatic carbocycles. The first-order valence-corrected chi connectivity index (χ1v) is 16.6. The van der Waals surface area contributed by atoms with Gasteiger partial charge in [-0.05, 0) is 55.4 Å². The van der Waals surface area contributed by atoms with Gasteiger partial charge in [-0.3, -0.25) is 14.3 Å². The van der Waals surface area contributed by atoms with Crippen LogP contribution in [0.25, 0.3) is 22.2 Å². The van der Waals surface area contributed by atoms with Gasteiger partial charge in [-0.15, -0.1) is 0 Å². The largest absolute Gasteiger partial charge is 0.351 e. The van der Waals surface area contributed by atoms with E-state index in [0.29, 0.717) is 43.1 Å². The highest BCUT2D eigenvalue weighted by Crippen LogP contribution is 2.30. The first kappa shape index (κ1) is 28.5. The molecular weight excluding hydrogens is 548 g/mol. The predicted molar refractivity (Wildman–Crippen MR) is 167 cm³/mol. The van der Waals surface area contributed by atoms with Crippen molar-refractivity contribution in [3.63, 3.8) is 0 Å². The molecule has 2 aliphatic rings. The zero-order valence-electron chi connectivity index (χ0n) is 24.2. The summed E-state index contributed by atoms with van der Waals surface area (Å²) in [5.41, 5.74) is 4.33. The lowest BCUT2D eigenvalue weighted by atomic mass is 9.99. The smallest absolute Gasteiger partial charge is 0.260 e. The van der Waals surface area contributed by atoms with Crippen LogP contribution < -0.4 is 10.9 Å². The van der Waals surface area contributed by atoms with E-state index in [9.17, 15) is 13.2 Å². The third-order valence-electron chi connectivity index (χ3n) is 8.64. The van der Waals surface area contributed by atoms with E-state index in [-0.39, 0.29) is 17.6 Å². The molecule has 1 N–H and O–H groups in total. The molecule has 4 aromatic rings. The van der Waals surface area contributed by atoms with Gasteiger partial charge in [0.25, 0.3) is 5.56 Å². The van der Waals surface area contributed by atoms with Gasteiger partial charge < -0.3 is 5.32 Å². The topological polar surface area (TPSA) is 100 Å². The lowest BCUT2D eigenvalue weighted by Crippen LogP contribution is -2.40. The van der Waals surface area contributed by atoms with Crippen molar-refractivity contribution in [2.45, 2.75) is 51.2 Å². The Balaban J connectivity index is 1.28. The summed E-state index contributed by atoms with van der Waals surface area (Å²) in [6.07, 6.45) is 6.11. The van der Waals surface area contributed by atoms with Crippen LogP contribution >= 0.6 is 0 Å². The number of sulfonamides is 1. The van der Waals surface area contributed by atoms with Crippen molar-refractivity contribution in [2.75, 3.05) is 37.8 Å². The number of hydrogen-bond acceptors (Lipinski definition) is 7. The Morgan fingerprint density at radius 1 is 0.905 bits per heavy atom. The molecule has 42 heavy (non-hydrogen) atoms. The molecule has 4 heterocycles. The molecule has 6 rings (SSSR count). The summed E-state index contributed by atoms with van der Waals surface area (Å²) in [5, 5.41) is 4.33. The van der Waals surface area contributed by atoms with Crippen LogP contribution in [0.5, 0.6) is 0 Å². The van der Waals surface area contributed by atoms with Crippen molar-refractivity contribution in [3.8, 4) is 11.1 Å². The van der Waals surface area contributed by atoms with Crippen LogP contribution in [-0.4, -0.2) is 70.6 Å². The second kappa shape index (κ2) is 11.9. The first-order valence-electron chi connectivity index (χ1n) is 14.7. The number of nitrogens with one attached hydrogen (secondary N) is 1. The lowest BCUT2D eigenvalue weighted by Gasteiger charge is -2.33. The number of pyridine rings is 1. The number of hydrogen-bond donors (Lipinski definition) is 1.